The van der Waals surface area contributed by atoms with Gasteiger partial charge in [0.25, 0.3) is 0 Å². The van der Waals surface area contributed by atoms with Crippen molar-refractivity contribution in [2.75, 3.05) is 6.54 Å². The van der Waals surface area contributed by atoms with Gasteiger partial charge in [0.15, 0.2) is 0 Å². The highest BCUT2D eigenvalue weighted by atomic mass is 79.9. The molecule has 0 aliphatic carbocycles. The first-order chi connectivity index (χ1) is 8.40. The molecule has 0 saturated heterocycles. The third-order valence-corrected chi connectivity index (χ3v) is 6.74. The van der Waals surface area contributed by atoms with Gasteiger partial charge in [-0.05, 0) is 40.9 Å². The third kappa shape index (κ3) is 4.31. The quantitative estimate of drug-likeness (QED) is 0.790. The third-order valence-electron chi connectivity index (χ3n) is 2.61. The van der Waals surface area contributed by atoms with E-state index < -0.39 is 10.0 Å². The van der Waals surface area contributed by atoms with Gasteiger partial charge in [0.05, 0.1) is 3.79 Å². The highest BCUT2D eigenvalue weighted by Gasteiger charge is 2.21. The summed E-state index contributed by atoms with van der Waals surface area (Å²) in [6, 6.07) is 1.49. The van der Waals surface area contributed by atoms with Crippen LogP contribution in [0.25, 0.3) is 0 Å². The standard InChI is InChI=1S/C11H19BrN2O2S2/c1-3-4-5-9(7-13)14-18(15,16)10-6-8(2)11(12)17-10/h6,9,14H,3-5,7,13H2,1-2H3. The lowest BCUT2D eigenvalue weighted by Gasteiger charge is -2.15. The lowest BCUT2D eigenvalue weighted by Crippen LogP contribution is -2.39. The van der Waals surface area contributed by atoms with Gasteiger partial charge in [-0.2, -0.15) is 0 Å². The van der Waals surface area contributed by atoms with Gasteiger partial charge >= 0.3 is 0 Å². The Morgan fingerprint density at radius 1 is 1.56 bits per heavy atom. The maximum absolute atomic E-state index is 12.2. The lowest BCUT2D eigenvalue weighted by atomic mass is 10.1. The number of unbranched alkanes of at least 4 members (excludes halogenated alkanes) is 1. The molecule has 4 nitrogen and oxygen atoms in total. The molecule has 1 atom stereocenters. The first-order valence-electron chi connectivity index (χ1n) is 5.89. The van der Waals surface area contributed by atoms with Gasteiger partial charge in [0.2, 0.25) is 10.0 Å². The highest BCUT2D eigenvalue weighted by molar-refractivity contribution is 9.11. The number of rotatable bonds is 7. The molecule has 1 aromatic heterocycles. The summed E-state index contributed by atoms with van der Waals surface area (Å²) in [7, 11) is -3.45. The van der Waals surface area contributed by atoms with Crippen LogP contribution in [0.4, 0.5) is 0 Å². The number of sulfonamides is 1. The molecule has 0 radical (unpaired) electrons. The van der Waals surface area contributed by atoms with E-state index in [1.54, 1.807) is 6.07 Å². The molecule has 0 bridgehead atoms. The lowest BCUT2D eigenvalue weighted by molar-refractivity contribution is 0.517. The van der Waals surface area contributed by atoms with Crippen LogP contribution in [-0.2, 0) is 10.0 Å². The molecule has 1 rings (SSSR count). The predicted molar refractivity (Wildman–Crippen MR) is 79.4 cm³/mol. The van der Waals surface area contributed by atoms with Crippen molar-refractivity contribution in [3.05, 3.63) is 15.4 Å². The SMILES string of the molecule is CCCCC(CN)NS(=O)(=O)c1cc(C)c(Br)s1. The Kier molecular flexibility index (Phi) is 6.26. The fraction of sp³-hybridized carbons (Fsp3) is 0.636. The molecule has 3 N–H and O–H groups in total. The zero-order valence-corrected chi connectivity index (χ0v) is 13.8. The summed E-state index contributed by atoms with van der Waals surface area (Å²) in [6.45, 7) is 4.27. The van der Waals surface area contributed by atoms with Crippen LogP contribution in [0.15, 0.2) is 14.1 Å². The first-order valence-corrected chi connectivity index (χ1v) is 8.98. The molecule has 1 unspecified atom stereocenters. The monoisotopic (exact) mass is 354 g/mol. The average Bonchev–Trinajstić information content (AvgIpc) is 2.66. The van der Waals surface area contributed by atoms with E-state index in [1.807, 2.05) is 6.92 Å². The minimum Gasteiger partial charge on any atom is -0.329 e. The van der Waals surface area contributed by atoms with E-state index in [-0.39, 0.29) is 6.04 Å². The zero-order valence-electron chi connectivity index (χ0n) is 10.6. The summed E-state index contributed by atoms with van der Waals surface area (Å²) in [5.41, 5.74) is 6.53. The second kappa shape index (κ2) is 7.00. The van der Waals surface area contributed by atoms with E-state index in [9.17, 15) is 8.42 Å². The largest absolute Gasteiger partial charge is 0.329 e. The van der Waals surface area contributed by atoms with Gasteiger partial charge in [-0.1, -0.05) is 19.8 Å². The number of aryl methyl sites for hydroxylation is 1. The summed E-state index contributed by atoms with van der Waals surface area (Å²) in [6.07, 6.45) is 2.77. The second-order valence-corrected chi connectivity index (χ2v) is 8.53. The molecule has 104 valence electrons. The fourth-order valence-electron chi connectivity index (χ4n) is 1.52. The summed E-state index contributed by atoms with van der Waals surface area (Å²) in [4.78, 5) is 0. The molecule has 0 aromatic carbocycles. The summed E-state index contributed by atoms with van der Waals surface area (Å²) in [5.74, 6) is 0. The Hall–Kier alpha value is 0.0500. The van der Waals surface area contributed by atoms with Crippen molar-refractivity contribution in [2.45, 2.75) is 43.4 Å². The van der Waals surface area contributed by atoms with E-state index in [2.05, 4.69) is 27.6 Å². The average molecular weight is 355 g/mol. The molecule has 0 saturated carbocycles. The number of halogens is 1. The molecule has 18 heavy (non-hydrogen) atoms. The fourth-order valence-corrected chi connectivity index (χ4v) is 5.04. The smallest absolute Gasteiger partial charge is 0.250 e. The molecule has 0 aliphatic rings. The number of hydrogen-bond donors (Lipinski definition) is 2. The summed E-state index contributed by atoms with van der Waals surface area (Å²) in [5, 5.41) is 0. The van der Waals surface area contributed by atoms with Crippen LogP contribution in [0.1, 0.15) is 31.7 Å². The van der Waals surface area contributed by atoms with Crippen LogP contribution in [0.5, 0.6) is 0 Å². The molecular formula is C11H19BrN2O2S2. The Balaban J connectivity index is 2.80. The maximum Gasteiger partial charge on any atom is 0.250 e. The van der Waals surface area contributed by atoms with Gasteiger partial charge in [0.1, 0.15) is 4.21 Å². The molecular weight excluding hydrogens is 336 g/mol. The van der Waals surface area contributed by atoms with Gasteiger partial charge in [0, 0.05) is 12.6 Å². The van der Waals surface area contributed by atoms with Crippen molar-refractivity contribution in [2.24, 2.45) is 5.73 Å². The minimum absolute atomic E-state index is 0.184. The van der Waals surface area contributed by atoms with E-state index in [1.165, 1.54) is 11.3 Å². The number of hydrogen-bond acceptors (Lipinski definition) is 4. The van der Waals surface area contributed by atoms with Crippen LogP contribution < -0.4 is 10.5 Å². The highest BCUT2D eigenvalue weighted by Crippen LogP contribution is 2.30. The van der Waals surface area contributed by atoms with E-state index in [0.29, 0.717) is 10.8 Å². The minimum atomic E-state index is -3.45. The zero-order chi connectivity index (χ0) is 13.8. The molecule has 0 spiro atoms. The van der Waals surface area contributed by atoms with Gasteiger partial charge in [-0.3, -0.25) is 0 Å². The molecule has 7 heteroatoms. The Bertz CT molecular complexity index is 466. The van der Waals surface area contributed by atoms with Crippen LogP contribution in [-0.4, -0.2) is 21.0 Å². The topological polar surface area (TPSA) is 72.2 Å². The number of thiophene rings is 1. The number of nitrogens with two attached hydrogens (primary N) is 1. The van der Waals surface area contributed by atoms with Crippen LogP contribution >= 0.6 is 27.3 Å². The van der Waals surface area contributed by atoms with Crippen molar-refractivity contribution in [3.63, 3.8) is 0 Å². The van der Waals surface area contributed by atoms with E-state index in [0.717, 1.165) is 28.6 Å². The normalized spacial score (nSPS) is 13.8. The van der Waals surface area contributed by atoms with Gasteiger partial charge < -0.3 is 5.73 Å². The van der Waals surface area contributed by atoms with Crippen molar-refractivity contribution >= 4 is 37.3 Å². The van der Waals surface area contributed by atoms with Gasteiger partial charge in [-0.15, -0.1) is 11.3 Å². The van der Waals surface area contributed by atoms with E-state index in [4.69, 9.17) is 5.73 Å². The first kappa shape index (κ1) is 16.1. The van der Waals surface area contributed by atoms with Crippen molar-refractivity contribution in [1.29, 1.82) is 0 Å². The Morgan fingerprint density at radius 2 is 2.22 bits per heavy atom. The summed E-state index contributed by atoms with van der Waals surface area (Å²) < 4.78 is 28.2. The Labute approximate surface area is 121 Å². The molecule has 0 aliphatic heterocycles. The Morgan fingerprint density at radius 3 is 2.67 bits per heavy atom. The molecule has 0 fully saturated rings. The number of nitrogens with one attached hydrogen (secondary N) is 1. The van der Waals surface area contributed by atoms with Crippen LogP contribution in [0.3, 0.4) is 0 Å². The second-order valence-electron chi connectivity index (χ2n) is 4.22. The molecule has 0 amide bonds. The van der Waals surface area contributed by atoms with Crippen molar-refractivity contribution in [1.82, 2.24) is 4.72 Å². The van der Waals surface area contributed by atoms with Crippen molar-refractivity contribution < 1.29 is 8.42 Å². The van der Waals surface area contributed by atoms with E-state index >= 15 is 0 Å². The van der Waals surface area contributed by atoms with Crippen LogP contribution in [0, 0.1) is 6.92 Å². The van der Waals surface area contributed by atoms with Gasteiger partial charge in [-0.25, -0.2) is 13.1 Å². The maximum atomic E-state index is 12.2. The predicted octanol–water partition coefficient (Wildman–Crippen LogP) is 2.61. The van der Waals surface area contributed by atoms with Crippen molar-refractivity contribution in [3.8, 4) is 0 Å². The molecule has 1 aromatic rings. The summed E-state index contributed by atoms with van der Waals surface area (Å²) >= 11 is 4.56. The van der Waals surface area contributed by atoms with Crippen LogP contribution in [0.2, 0.25) is 0 Å². The molecule has 1 heterocycles.